The molecule has 8 heteroatoms. The first kappa shape index (κ1) is 25.3. The molecule has 2 fully saturated rings. The Morgan fingerprint density at radius 3 is 2.11 bits per heavy atom. The van der Waals surface area contributed by atoms with Gasteiger partial charge in [-0.1, -0.05) is 6.08 Å². The minimum atomic E-state index is -0.284. The quantitative estimate of drug-likeness (QED) is 0.552. The molecule has 2 saturated heterocycles. The average molecular weight is 508 g/mol. The molecule has 0 bridgehead atoms. The minimum Gasteiger partial charge on any atom is -0.497 e. The van der Waals surface area contributed by atoms with Crippen molar-refractivity contribution < 1.29 is 23.7 Å². The summed E-state index contributed by atoms with van der Waals surface area (Å²) in [7, 11) is 6.70. The number of methoxy groups -OCH3 is 4. The molecule has 3 aliphatic rings. The van der Waals surface area contributed by atoms with E-state index in [0.717, 1.165) is 84.3 Å². The molecule has 37 heavy (non-hydrogen) atoms. The number of urea groups is 1. The van der Waals surface area contributed by atoms with Gasteiger partial charge in [0.2, 0.25) is 0 Å². The first-order valence-corrected chi connectivity index (χ1v) is 12.9. The van der Waals surface area contributed by atoms with Crippen LogP contribution in [0.3, 0.4) is 0 Å². The molecule has 0 N–H and O–H groups in total. The Morgan fingerprint density at radius 1 is 0.865 bits per heavy atom. The summed E-state index contributed by atoms with van der Waals surface area (Å²) in [6.45, 7) is 5.92. The third kappa shape index (κ3) is 4.37. The predicted molar refractivity (Wildman–Crippen MR) is 141 cm³/mol. The fraction of sp³-hybridized carbons (Fsp3) is 0.483. The van der Waals surface area contributed by atoms with Gasteiger partial charge in [0.1, 0.15) is 23.0 Å². The second-order valence-electron chi connectivity index (χ2n) is 9.90. The van der Waals surface area contributed by atoms with Crippen LogP contribution in [0.4, 0.5) is 4.79 Å². The number of benzene rings is 2. The first-order valence-electron chi connectivity index (χ1n) is 12.9. The number of likely N-dealkylation sites (N-methyl/N-ethyl adjacent to an activating group) is 1. The summed E-state index contributed by atoms with van der Waals surface area (Å²) >= 11 is 0. The molecule has 0 saturated carbocycles. The summed E-state index contributed by atoms with van der Waals surface area (Å²) in [4.78, 5) is 20.3. The van der Waals surface area contributed by atoms with Crippen molar-refractivity contribution in [1.82, 2.24) is 14.7 Å². The summed E-state index contributed by atoms with van der Waals surface area (Å²) < 4.78 is 22.1. The van der Waals surface area contributed by atoms with E-state index in [1.54, 1.807) is 28.4 Å². The van der Waals surface area contributed by atoms with E-state index in [2.05, 4.69) is 34.9 Å². The van der Waals surface area contributed by atoms with Gasteiger partial charge in [0.25, 0.3) is 0 Å². The Balaban J connectivity index is 1.40. The maximum Gasteiger partial charge on any atom is 0.325 e. The van der Waals surface area contributed by atoms with E-state index in [0.29, 0.717) is 13.1 Å². The third-order valence-corrected chi connectivity index (χ3v) is 8.12. The van der Waals surface area contributed by atoms with Crippen molar-refractivity contribution in [3.63, 3.8) is 0 Å². The monoisotopic (exact) mass is 507 g/mol. The van der Waals surface area contributed by atoms with Gasteiger partial charge in [-0.25, -0.2) is 4.79 Å². The van der Waals surface area contributed by atoms with Crippen LogP contribution in [-0.4, -0.2) is 74.3 Å². The molecule has 8 nitrogen and oxygen atoms in total. The van der Waals surface area contributed by atoms with E-state index >= 15 is 0 Å². The molecular formula is C29H37N3O5. The number of carbonyl (C=O) groups is 1. The summed E-state index contributed by atoms with van der Waals surface area (Å²) in [5.41, 5.74) is 4.22. The van der Waals surface area contributed by atoms with Crippen LogP contribution in [0.5, 0.6) is 23.0 Å². The second kappa shape index (κ2) is 10.2. The van der Waals surface area contributed by atoms with Gasteiger partial charge in [-0.2, -0.15) is 0 Å². The van der Waals surface area contributed by atoms with Gasteiger partial charge in [0.05, 0.1) is 40.5 Å². The number of ether oxygens (including phenoxy) is 4. The maximum atomic E-state index is 13.7. The van der Waals surface area contributed by atoms with Crippen molar-refractivity contribution >= 4 is 6.03 Å². The number of piperidine rings is 1. The largest absolute Gasteiger partial charge is 0.497 e. The number of allylic oxidation sites excluding steroid dienone is 1. The maximum absolute atomic E-state index is 13.7. The van der Waals surface area contributed by atoms with E-state index in [1.165, 1.54) is 0 Å². The fourth-order valence-corrected chi connectivity index (χ4v) is 6.25. The Kier molecular flexibility index (Phi) is 6.94. The number of hydrogen-bond donors (Lipinski definition) is 0. The summed E-state index contributed by atoms with van der Waals surface area (Å²) in [6, 6.07) is 10.1. The highest BCUT2D eigenvalue weighted by Gasteiger charge is 2.54. The normalized spacial score (nSPS) is 18.7. The molecule has 2 aromatic carbocycles. The molecular weight excluding hydrogens is 470 g/mol. The fourth-order valence-electron chi connectivity index (χ4n) is 6.25. The number of hydrogen-bond acceptors (Lipinski definition) is 6. The smallest absolute Gasteiger partial charge is 0.325 e. The highest BCUT2D eigenvalue weighted by molar-refractivity contribution is 5.83. The lowest BCUT2D eigenvalue weighted by molar-refractivity contribution is 0.0888. The minimum absolute atomic E-state index is 0.0920. The standard InChI is InChI=1S/C29H37N3O5/c1-6-32-28(33)31-19-21-15-24(36-4)17-26(37-5)25(21)7-8-27(31)29(32)9-11-30(12-10-29)18-20-13-22(34-2)16-23(14-20)35-3/h8,13-17H,6-7,9-12,18-19H2,1-5H3. The molecule has 198 valence electrons. The van der Waals surface area contributed by atoms with E-state index in [4.69, 9.17) is 18.9 Å². The molecule has 0 aliphatic carbocycles. The van der Waals surface area contributed by atoms with Crippen molar-refractivity contribution in [3.8, 4) is 23.0 Å². The van der Waals surface area contributed by atoms with Crippen LogP contribution in [0.15, 0.2) is 42.1 Å². The summed E-state index contributed by atoms with van der Waals surface area (Å²) in [5.74, 6) is 3.15. The van der Waals surface area contributed by atoms with E-state index in [9.17, 15) is 4.79 Å². The predicted octanol–water partition coefficient (Wildman–Crippen LogP) is 4.45. The molecule has 3 heterocycles. The van der Waals surface area contributed by atoms with Gasteiger partial charge in [-0.15, -0.1) is 0 Å². The average Bonchev–Trinajstić information content (AvgIpc) is 3.04. The lowest BCUT2D eigenvalue weighted by atomic mass is 9.83. The number of rotatable bonds is 7. The molecule has 0 unspecified atom stereocenters. The SMILES string of the molecule is CCN1C(=O)N2Cc3cc(OC)cc(OC)c3CC=C2C12CCN(Cc1cc(OC)cc(OC)c1)CC2. The van der Waals surface area contributed by atoms with Crippen molar-refractivity contribution in [2.45, 2.75) is 44.8 Å². The molecule has 3 aliphatic heterocycles. The number of nitrogens with zero attached hydrogens (tertiary/aromatic N) is 3. The van der Waals surface area contributed by atoms with Crippen LogP contribution in [-0.2, 0) is 19.5 Å². The zero-order chi connectivity index (χ0) is 26.2. The molecule has 0 atom stereocenters. The second-order valence-corrected chi connectivity index (χ2v) is 9.90. The van der Waals surface area contributed by atoms with Crippen LogP contribution >= 0.6 is 0 Å². The zero-order valence-corrected chi connectivity index (χ0v) is 22.5. The third-order valence-electron chi connectivity index (χ3n) is 8.12. The van der Waals surface area contributed by atoms with Crippen LogP contribution in [0, 0.1) is 0 Å². The number of likely N-dealkylation sites (tertiary alicyclic amines) is 1. The summed E-state index contributed by atoms with van der Waals surface area (Å²) in [5, 5.41) is 0. The van der Waals surface area contributed by atoms with Gasteiger partial charge in [0, 0.05) is 49.6 Å². The Labute approximate surface area is 219 Å². The lowest BCUT2D eigenvalue weighted by Gasteiger charge is -2.44. The van der Waals surface area contributed by atoms with Crippen LogP contribution in [0.25, 0.3) is 0 Å². The number of carbonyl (C=O) groups excluding carboxylic acids is 1. The van der Waals surface area contributed by atoms with Crippen molar-refractivity contribution in [2.24, 2.45) is 0 Å². The summed E-state index contributed by atoms with van der Waals surface area (Å²) in [6.07, 6.45) is 4.78. The molecule has 0 aromatic heterocycles. The topological polar surface area (TPSA) is 63.7 Å². The van der Waals surface area contributed by atoms with Crippen LogP contribution in [0.1, 0.15) is 36.5 Å². The highest BCUT2D eigenvalue weighted by atomic mass is 16.5. The van der Waals surface area contributed by atoms with E-state index in [1.807, 2.05) is 23.1 Å². The van der Waals surface area contributed by atoms with Crippen molar-refractivity contribution in [3.05, 3.63) is 58.8 Å². The molecule has 2 aromatic rings. The van der Waals surface area contributed by atoms with Gasteiger partial charge in [-0.05, 0) is 55.5 Å². The Bertz CT molecular complexity index is 1180. The zero-order valence-electron chi connectivity index (χ0n) is 22.5. The van der Waals surface area contributed by atoms with Gasteiger partial charge in [-0.3, -0.25) is 9.80 Å². The van der Waals surface area contributed by atoms with E-state index in [-0.39, 0.29) is 11.6 Å². The van der Waals surface area contributed by atoms with Crippen LogP contribution in [0.2, 0.25) is 0 Å². The molecule has 2 amide bonds. The number of amides is 2. The Morgan fingerprint density at radius 2 is 1.51 bits per heavy atom. The number of fused-ring (bicyclic) bond motifs is 3. The molecule has 0 radical (unpaired) electrons. The van der Waals surface area contributed by atoms with Crippen molar-refractivity contribution in [2.75, 3.05) is 48.1 Å². The first-order chi connectivity index (χ1) is 18.0. The van der Waals surface area contributed by atoms with Gasteiger partial charge < -0.3 is 23.8 Å². The lowest BCUT2D eigenvalue weighted by Crippen LogP contribution is -2.53. The van der Waals surface area contributed by atoms with E-state index < -0.39 is 0 Å². The molecule has 5 rings (SSSR count). The van der Waals surface area contributed by atoms with Crippen LogP contribution < -0.4 is 18.9 Å². The Hall–Kier alpha value is -3.39. The highest BCUT2D eigenvalue weighted by Crippen LogP contribution is 2.47. The van der Waals surface area contributed by atoms with Crippen molar-refractivity contribution in [1.29, 1.82) is 0 Å². The molecule has 1 spiro atoms. The van der Waals surface area contributed by atoms with Gasteiger partial charge >= 0.3 is 6.03 Å². The van der Waals surface area contributed by atoms with Gasteiger partial charge in [0.15, 0.2) is 0 Å².